The second kappa shape index (κ2) is 8.36. The summed E-state index contributed by atoms with van der Waals surface area (Å²) in [5.74, 6) is 7.57. The molecule has 0 aliphatic carbocycles. The molecule has 1 aliphatic rings. The van der Waals surface area contributed by atoms with Gasteiger partial charge in [0.15, 0.2) is 11.5 Å². The lowest BCUT2D eigenvalue weighted by Crippen LogP contribution is -2.44. The summed E-state index contributed by atoms with van der Waals surface area (Å²) >= 11 is 0. The lowest BCUT2D eigenvalue weighted by Gasteiger charge is -2.25. The molecule has 1 unspecified atom stereocenters. The molecule has 0 fully saturated rings. The zero-order valence-corrected chi connectivity index (χ0v) is 15.2. The van der Waals surface area contributed by atoms with Crippen molar-refractivity contribution in [1.82, 2.24) is 5.32 Å². The molecule has 1 heterocycles. The molecule has 4 rings (SSSR count). The lowest BCUT2D eigenvalue weighted by atomic mass is 10.1. The second-order valence-electron chi connectivity index (χ2n) is 6.20. The fourth-order valence-corrected chi connectivity index (χ4v) is 2.94. The molecule has 3 aromatic rings. The van der Waals surface area contributed by atoms with Gasteiger partial charge in [0.05, 0.1) is 6.54 Å². The molecule has 3 aromatic carbocycles. The van der Waals surface area contributed by atoms with Gasteiger partial charge in [-0.15, -0.1) is 0 Å². The van der Waals surface area contributed by atoms with E-state index in [4.69, 9.17) is 14.2 Å². The molecular formula is C23H19NO4. The summed E-state index contributed by atoms with van der Waals surface area (Å²) in [7, 11) is 0. The van der Waals surface area contributed by atoms with Crippen LogP contribution in [0, 0.1) is 11.8 Å². The highest BCUT2D eigenvalue weighted by Crippen LogP contribution is 2.30. The van der Waals surface area contributed by atoms with Gasteiger partial charge in [0.1, 0.15) is 19.0 Å². The summed E-state index contributed by atoms with van der Waals surface area (Å²) in [5, 5.41) is 4.91. The first-order chi connectivity index (χ1) is 13.8. The van der Waals surface area contributed by atoms with Gasteiger partial charge in [-0.3, -0.25) is 4.79 Å². The Morgan fingerprint density at radius 3 is 2.71 bits per heavy atom. The molecule has 0 spiro atoms. The average molecular weight is 373 g/mol. The first kappa shape index (κ1) is 17.7. The monoisotopic (exact) mass is 373 g/mol. The van der Waals surface area contributed by atoms with Crippen molar-refractivity contribution in [3.05, 3.63) is 66.7 Å². The molecule has 0 saturated heterocycles. The summed E-state index contributed by atoms with van der Waals surface area (Å²) in [6, 6.07) is 21.2. The highest BCUT2D eigenvalue weighted by atomic mass is 16.6. The first-order valence-electron chi connectivity index (χ1n) is 9.04. The van der Waals surface area contributed by atoms with Gasteiger partial charge in [-0.05, 0) is 23.6 Å². The Morgan fingerprint density at radius 1 is 1.00 bits per heavy atom. The van der Waals surface area contributed by atoms with E-state index in [1.807, 2.05) is 60.7 Å². The van der Waals surface area contributed by atoms with Crippen molar-refractivity contribution in [1.29, 1.82) is 0 Å². The van der Waals surface area contributed by atoms with Gasteiger partial charge in [-0.2, -0.15) is 0 Å². The third-order valence-corrected chi connectivity index (χ3v) is 4.33. The van der Waals surface area contributed by atoms with Crippen molar-refractivity contribution < 1.29 is 19.0 Å². The molecule has 1 N–H and O–H groups in total. The SMILES string of the molecule is O=C(NCC#CCOc1cccc2ccccc12)C1COc2ccccc2O1. The third-order valence-electron chi connectivity index (χ3n) is 4.33. The number of para-hydroxylation sites is 2. The number of rotatable bonds is 4. The Labute approximate surface area is 163 Å². The maximum atomic E-state index is 12.2. The maximum Gasteiger partial charge on any atom is 0.265 e. The van der Waals surface area contributed by atoms with E-state index in [0.717, 1.165) is 16.5 Å². The molecule has 1 aliphatic heterocycles. The topological polar surface area (TPSA) is 56.8 Å². The van der Waals surface area contributed by atoms with E-state index in [2.05, 4.69) is 17.2 Å². The van der Waals surface area contributed by atoms with E-state index in [-0.39, 0.29) is 25.7 Å². The van der Waals surface area contributed by atoms with Crippen LogP contribution in [0.25, 0.3) is 10.8 Å². The molecule has 5 heteroatoms. The molecular weight excluding hydrogens is 354 g/mol. The number of carbonyl (C=O) groups is 1. The standard InChI is InChI=1S/C23H19NO4/c25-23(22-16-27-20-11-3-4-12-21(20)28-22)24-14-5-6-15-26-19-13-7-9-17-8-1-2-10-18(17)19/h1-4,7-13,22H,14-16H2,(H,24,25). The molecule has 1 atom stereocenters. The number of nitrogens with one attached hydrogen (secondary N) is 1. The van der Waals surface area contributed by atoms with Gasteiger partial charge in [0.25, 0.3) is 5.91 Å². The minimum Gasteiger partial charge on any atom is -0.485 e. The van der Waals surface area contributed by atoms with Crippen molar-refractivity contribution in [3.8, 4) is 29.1 Å². The molecule has 0 radical (unpaired) electrons. The van der Waals surface area contributed by atoms with E-state index < -0.39 is 6.10 Å². The predicted octanol–water partition coefficient (Wildman–Crippen LogP) is 3.18. The van der Waals surface area contributed by atoms with Crippen LogP contribution in [-0.2, 0) is 4.79 Å². The Kier molecular flexibility index (Phi) is 5.30. The number of ether oxygens (including phenoxy) is 3. The number of hydrogen-bond acceptors (Lipinski definition) is 4. The smallest absolute Gasteiger partial charge is 0.265 e. The minimum atomic E-state index is -0.677. The summed E-state index contributed by atoms with van der Waals surface area (Å²) in [5.41, 5.74) is 0. The first-order valence-corrected chi connectivity index (χ1v) is 9.04. The molecule has 28 heavy (non-hydrogen) atoms. The normalized spacial score (nSPS) is 14.6. The quantitative estimate of drug-likeness (QED) is 0.714. The maximum absolute atomic E-state index is 12.2. The fraction of sp³-hybridized carbons (Fsp3) is 0.174. The van der Waals surface area contributed by atoms with Gasteiger partial charge in [-0.25, -0.2) is 0 Å². The lowest BCUT2D eigenvalue weighted by molar-refractivity contribution is -0.130. The summed E-state index contributed by atoms with van der Waals surface area (Å²) < 4.78 is 17.0. The highest BCUT2D eigenvalue weighted by molar-refractivity contribution is 5.88. The molecule has 1 amide bonds. The van der Waals surface area contributed by atoms with Crippen LogP contribution in [0.4, 0.5) is 0 Å². The Morgan fingerprint density at radius 2 is 1.79 bits per heavy atom. The van der Waals surface area contributed by atoms with Crippen LogP contribution < -0.4 is 19.5 Å². The van der Waals surface area contributed by atoms with Crippen LogP contribution in [0.15, 0.2) is 66.7 Å². The van der Waals surface area contributed by atoms with Gasteiger partial charge >= 0.3 is 0 Å². The van der Waals surface area contributed by atoms with Crippen molar-refractivity contribution in [2.75, 3.05) is 19.8 Å². The van der Waals surface area contributed by atoms with Crippen LogP contribution in [-0.4, -0.2) is 31.8 Å². The van der Waals surface area contributed by atoms with Crippen LogP contribution in [0.2, 0.25) is 0 Å². The predicted molar refractivity (Wildman–Crippen MR) is 107 cm³/mol. The van der Waals surface area contributed by atoms with Crippen LogP contribution in [0.1, 0.15) is 0 Å². The zero-order valence-electron chi connectivity index (χ0n) is 15.2. The second-order valence-corrected chi connectivity index (χ2v) is 6.20. The Hall–Kier alpha value is -3.65. The molecule has 0 aromatic heterocycles. The van der Waals surface area contributed by atoms with Crippen molar-refractivity contribution in [3.63, 3.8) is 0 Å². The van der Waals surface area contributed by atoms with Gasteiger partial charge in [0.2, 0.25) is 6.10 Å². The largest absolute Gasteiger partial charge is 0.485 e. The average Bonchev–Trinajstić information content (AvgIpc) is 2.75. The zero-order chi connectivity index (χ0) is 19.2. The third kappa shape index (κ3) is 4.02. The van der Waals surface area contributed by atoms with E-state index in [9.17, 15) is 4.79 Å². The Balaban J connectivity index is 1.25. The van der Waals surface area contributed by atoms with E-state index in [1.165, 1.54) is 0 Å². The van der Waals surface area contributed by atoms with Crippen molar-refractivity contribution in [2.24, 2.45) is 0 Å². The van der Waals surface area contributed by atoms with Gasteiger partial charge in [-0.1, -0.05) is 60.4 Å². The molecule has 5 nitrogen and oxygen atoms in total. The van der Waals surface area contributed by atoms with Crippen molar-refractivity contribution in [2.45, 2.75) is 6.10 Å². The number of hydrogen-bond donors (Lipinski definition) is 1. The number of benzene rings is 3. The van der Waals surface area contributed by atoms with E-state index in [0.29, 0.717) is 11.5 Å². The fourth-order valence-electron chi connectivity index (χ4n) is 2.94. The summed E-state index contributed by atoms with van der Waals surface area (Å²) in [4.78, 5) is 12.2. The van der Waals surface area contributed by atoms with Crippen LogP contribution in [0.5, 0.6) is 17.2 Å². The number of carbonyl (C=O) groups excluding carboxylic acids is 1. The van der Waals surface area contributed by atoms with E-state index >= 15 is 0 Å². The highest BCUT2D eigenvalue weighted by Gasteiger charge is 2.26. The number of fused-ring (bicyclic) bond motifs is 2. The number of amides is 1. The molecule has 140 valence electrons. The van der Waals surface area contributed by atoms with Gasteiger partial charge < -0.3 is 19.5 Å². The van der Waals surface area contributed by atoms with E-state index in [1.54, 1.807) is 6.07 Å². The van der Waals surface area contributed by atoms with Gasteiger partial charge in [0, 0.05) is 5.39 Å². The summed E-state index contributed by atoms with van der Waals surface area (Å²) in [6.07, 6.45) is -0.677. The molecule has 0 saturated carbocycles. The molecule has 0 bridgehead atoms. The summed E-state index contributed by atoms with van der Waals surface area (Å²) in [6.45, 7) is 0.653. The minimum absolute atomic E-state index is 0.181. The Bertz CT molecular complexity index is 1050. The van der Waals surface area contributed by atoms with Crippen LogP contribution >= 0.6 is 0 Å². The van der Waals surface area contributed by atoms with Crippen molar-refractivity contribution >= 4 is 16.7 Å². The van der Waals surface area contributed by atoms with Crippen LogP contribution in [0.3, 0.4) is 0 Å².